The van der Waals surface area contributed by atoms with E-state index in [4.69, 9.17) is 0 Å². The molecule has 1 aromatic carbocycles. The maximum Gasteiger partial charge on any atom is 0.251 e. The lowest BCUT2D eigenvalue weighted by Gasteiger charge is -2.22. The number of hydrogen-bond donors (Lipinski definition) is 2. The SMILES string of the molecule is CCSc1ccc(C(=O)NCC(C)(O)c2cccs2)cc1. The van der Waals surface area contributed by atoms with Crippen LogP contribution >= 0.6 is 23.1 Å². The molecule has 1 unspecified atom stereocenters. The third-order valence-electron chi connectivity index (χ3n) is 3.07. The predicted octanol–water partition coefficient (Wildman–Crippen LogP) is 3.50. The molecule has 1 amide bonds. The molecular formula is C16H19NO2S2. The summed E-state index contributed by atoms with van der Waals surface area (Å²) in [7, 11) is 0. The zero-order chi connectivity index (χ0) is 15.3. The summed E-state index contributed by atoms with van der Waals surface area (Å²) in [5.41, 5.74) is -0.431. The number of hydrogen-bond acceptors (Lipinski definition) is 4. The highest BCUT2D eigenvalue weighted by Gasteiger charge is 2.24. The minimum atomic E-state index is -1.04. The van der Waals surface area contributed by atoms with Gasteiger partial charge in [0.1, 0.15) is 5.60 Å². The van der Waals surface area contributed by atoms with Crippen LogP contribution in [0, 0.1) is 0 Å². The molecule has 0 saturated carbocycles. The van der Waals surface area contributed by atoms with Crippen LogP contribution < -0.4 is 5.32 Å². The molecule has 5 heteroatoms. The lowest BCUT2D eigenvalue weighted by molar-refractivity contribution is 0.0557. The monoisotopic (exact) mass is 321 g/mol. The van der Waals surface area contributed by atoms with E-state index < -0.39 is 5.60 Å². The van der Waals surface area contributed by atoms with Gasteiger partial charge in [-0.05, 0) is 48.4 Å². The van der Waals surface area contributed by atoms with Crippen molar-refractivity contribution in [3.63, 3.8) is 0 Å². The van der Waals surface area contributed by atoms with Crippen molar-refractivity contribution in [3.05, 3.63) is 52.2 Å². The Labute approximate surface area is 133 Å². The number of nitrogens with one attached hydrogen (secondary N) is 1. The molecule has 0 bridgehead atoms. The number of amides is 1. The molecule has 1 heterocycles. The number of aliphatic hydroxyl groups is 1. The van der Waals surface area contributed by atoms with Crippen LogP contribution in [-0.4, -0.2) is 23.3 Å². The summed E-state index contributed by atoms with van der Waals surface area (Å²) in [6.45, 7) is 4.00. The van der Waals surface area contributed by atoms with E-state index >= 15 is 0 Å². The van der Waals surface area contributed by atoms with Gasteiger partial charge in [-0.2, -0.15) is 0 Å². The highest BCUT2D eigenvalue weighted by molar-refractivity contribution is 7.99. The normalized spacial score (nSPS) is 13.7. The summed E-state index contributed by atoms with van der Waals surface area (Å²) < 4.78 is 0. The van der Waals surface area contributed by atoms with Crippen LogP contribution in [0.2, 0.25) is 0 Å². The van der Waals surface area contributed by atoms with Crippen molar-refractivity contribution in [1.29, 1.82) is 0 Å². The summed E-state index contributed by atoms with van der Waals surface area (Å²) >= 11 is 3.22. The van der Waals surface area contributed by atoms with Crippen molar-refractivity contribution in [2.75, 3.05) is 12.3 Å². The molecule has 2 rings (SSSR count). The zero-order valence-corrected chi connectivity index (χ0v) is 13.8. The van der Waals surface area contributed by atoms with E-state index in [1.807, 2.05) is 41.8 Å². The summed E-state index contributed by atoms with van der Waals surface area (Å²) in [6.07, 6.45) is 0. The second kappa shape index (κ2) is 7.11. The Balaban J connectivity index is 1.95. The summed E-state index contributed by atoms with van der Waals surface area (Å²) in [5, 5.41) is 15.1. The van der Waals surface area contributed by atoms with Gasteiger partial charge in [-0.3, -0.25) is 4.79 Å². The molecule has 1 aromatic heterocycles. The standard InChI is InChI=1S/C16H19NO2S2/c1-3-20-13-8-6-12(7-9-13)15(18)17-11-16(2,19)14-5-4-10-21-14/h4-10,19H,3,11H2,1-2H3,(H,17,18). The number of carbonyl (C=O) groups excluding carboxylic acids is 1. The van der Waals surface area contributed by atoms with Crippen LogP contribution in [0.3, 0.4) is 0 Å². The van der Waals surface area contributed by atoms with E-state index in [9.17, 15) is 9.90 Å². The van der Waals surface area contributed by atoms with Gasteiger partial charge >= 0.3 is 0 Å². The molecule has 0 fully saturated rings. The first-order valence-electron chi connectivity index (χ1n) is 6.80. The van der Waals surface area contributed by atoms with Crippen molar-refractivity contribution >= 4 is 29.0 Å². The molecule has 0 spiro atoms. The Hall–Kier alpha value is -1.30. The van der Waals surface area contributed by atoms with Crippen LogP contribution in [0.15, 0.2) is 46.7 Å². The van der Waals surface area contributed by atoms with Crippen molar-refractivity contribution < 1.29 is 9.90 Å². The minimum absolute atomic E-state index is 0.167. The third-order valence-corrected chi connectivity index (χ3v) is 5.09. The van der Waals surface area contributed by atoms with E-state index in [0.717, 1.165) is 15.5 Å². The van der Waals surface area contributed by atoms with Crippen molar-refractivity contribution in [2.24, 2.45) is 0 Å². The first kappa shape index (κ1) is 16.1. The molecular weight excluding hydrogens is 302 g/mol. The smallest absolute Gasteiger partial charge is 0.251 e. The molecule has 0 aliphatic heterocycles. The second-order valence-corrected chi connectivity index (χ2v) is 7.18. The Bertz CT molecular complexity index is 577. The average molecular weight is 321 g/mol. The summed E-state index contributed by atoms with van der Waals surface area (Å²) in [6, 6.07) is 11.3. The van der Waals surface area contributed by atoms with Gasteiger partial charge in [0.05, 0.1) is 6.54 Å². The molecule has 112 valence electrons. The molecule has 0 radical (unpaired) electrons. The van der Waals surface area contributed by atoms with Crippen molar-refractivity contribution in [3.8, 4) is 0 Å². The Morgan fingerprint density at radius 2 is 2.05 bits per heavy atom. The minimum Gasteiger partial charge on any atom is -0.383 e. The van der Waals surface area contributed by atoms with E-state index in [2.05, 4.69) is 12.2 Å². The van der Waals surface area contributed by atoms with Gasteiger partial charge in [0, 0.05) is 15.3 Å². The van der Waals surface area contributed by atoms with Crippen LogP contribution in [0.25, 0.3) is 0 Å². The number of benzene rings is 1. The Morgan fingerprint density at radius 3 is 2.62 bits per heavy atom. The van der Waals surface area contributed by atoms with Gasteiger partial charge in [0.2, 0.25) is 0 Å². The first-order valence-corrected chi connectivity index (χ1v) is 8.67. The van der Waals surface area contributed by atoms with Gasteiger partial charge < -0.3 is 10.4 Å². The van der Waals surface area contributed by atoms with E-state index in [-0.39, 0.29) is 12.5 Å². The van der Waals surface area contributed by atoms with E-state index in [0.29, 0.717) is 5.56 Å². The summed E-state index contributed by atoms with van der Waals surface area (Å²) in [4.78, 5) is 14.1. The van der Waals surface area contributed by atoms with Crippen LogP contribution in [-0.2, 0) is 5.60 Å². The highest BCUT2D eigenvalue weighted by atomic mass is 32.2. The number of thiophene rings is 1. The fourth-order valence-corrected chi connectivity index (χ4v) is 3.34. The maximum absolute atomic E-state index is 12.1. The number of thioether (sulfide) groups is 1. The molecule has 3 nitrogen and oxygen atoms in total. The molecule has 21 heavy (non-hydrogen) atoms. The van der Waals surface area contributed by atoms with E-state index in [1.54, 1.807) is 18.7 Å². The summed E-state index contributed by atoms with van der Waals surface area (Å²) in [5.74, 6) is 0.842. The van der Waals surface area contributed by atoms with Crippen LogP contribution in [0.1, 0.15) is 29.1 Å². The van der Waals surface area contributed by atoms with Crippen LogP contribution in [0.5, 0.6) is 0 Å². The molecule has 1 atom stereocenters. The molecule has 0 saturated heterocycles. The lowest BCUT2D eigenvalue weighted by atomic mass is 10.1. The maximum atomic E-state index is 12.1. The van der Waals surface area contributed by atoms with Gasteiger partial charge in [0.15, 0.2) is 0 Å². The number of carbonyl (C=O) groups is 1. The molecule has 0 aliphatic carbocycles. The number of rotatable bonds is 6. The third kappa shape index (κ3) is 4.33. The fraction of sp³-hybridized carbons (Fsp3) is 0.312. The predicted molar refractivity (Wildman–Crippen MR) is 89.1 cm³/mol. The average Bonchev–Trinajstić information content (AvgIpc) is 3.01. The first-order chi connectivity index (χ1) is 10.0. The van der Waals surface area contributed by atoms with Crippen LogP contribution in [0.4, 0.5) is 0 Å². The molecule has 2 aromatic rings. The second-order valence-electron chi connectivity index (χ2n) is 4.89. The van der Waals surface area contributed by atoms with Gasteiger partial charge in [0.25, 0.3) is 5.91 Å². The quantitative estimate of drug-likeness (QED) is 0.801. The van der Waals surface area contributed by atoms with Gasteiger partial charge in [-0.1, -0.05) is 13.0 Å². The van der Waals surface area contributed by atoms with Gasteiger partial charge in [-0.15, -0.1) is 23.1 Å². The lowest BCUT2D eigenvalue weighted by Crippen LogP contribution is -2.38. The zero-order valence-electron chi connectivity index (χ0n) is 12.1. The van der Waals surface area contributed by atoms with Crippen molar-refractivity contribution in [1.82, 2.24) is 5.32 Å². The molecule has 0 aliphatic rings. The fourth-order valence-electron chi connectivity index (χ4n) is 1.90. The topological polar surface area (TPSA) is 49.3 Å². The molecule has 2 N–H and O–H groups in total. The largest absolute Gasteiger partial charge is 0.383 e. The Morgan fingerprint density at radius 1 is 1.33 bits per heavy atom. The van der Waals surface area contributed by atoms with E-state index in [1.165, 1.54) is 11.3 Å². The Kier molecular flexibility index (Phi) is 5.45. The highest BCUT2D eigenvalue weighted by Crippen LogP contribution is 2.24. The van der Waals surface area contributed by atoms with Gasteiger partial charge in [-0.25, -0.2) is 0 Å². The van der Waals surface area contributed by atoms with Crippen molar-refractivity contribution in [2.45, 2.75) is 24.3 Å².